The Bertz CT molecular complexity index is 972. The summed E-state index contributed by atoms with van der Waals surface area (Å²) >= 11 is 0. The van der Waals surface area contributed by atoms with Crippen molar-refractivity contribution >= 4 is 29.2 Å². The Kier molecular flexibility index (Phi) is 6.96. The molecular formula is C22H23N3O6. The lowest BCUT2D eigenvalue weighted by atomic mass is 10.1. The number of benzene rings is 2. The van der Waals surface area contributed by atoms with Crippen molar-refractivity contribution in [3.63, 3.8) is 0 Å². The molecule has 0 aromatic heterocycles. The number of nitro benzene ring substituents is 1. The summed E-state index contributed by atoms with van der Waals surface area (Å²) < 4.78 is 4.98. The molecule has 9 nitrogen and oxygen atoms in total. The SMILES string of the molecule is CCOC(=O)c1ccc(N(CN2CCCC2=O)C(=O)Cc2ccc([N+](=O)[O-])cc2)cc1. The number of nitro groups is 1. The van der Waals surface area contributed by atoms with Crippen LogP contribution in [0.3, 0.4) is 0 Å². The van der Waals surface area contributed by atoms with E-state index >= 15 is 0 Å². The van der Waals surface area contributed by atoms with Gasteiger partial charge < -0.3 is 9.64 Å². The van der Waals surface area contributed by atoms with Crippen molar-refractivity contribution in [2.75, 3.05) is 24.7 Å². The van der Waals surface area contributed by atoms with Gasteiger partial charge in [-0.3, -0.25) is 24.6 Å². The average molecular weight is 425 g/mol. The number of nitrogens with zero attached hydrogens (tertiary/aromatic N) is 3. The quantitative estimate of drug-likeness (QED) is 0.365. The van der Waals surface area contributed by atoms with E-state index in [1.165, 1.54) is 17.0 Å². The number of hydrogen-bond acceptors (Lipinski definition) is 6. The molecular weight excluding hydrogens is 402 g/mol. The van der Waals surface area contributed by atoms with Crippen molar-refractivity contribution in [1.29, 1.82) is 0 Å². The molecule has 0 aliphatic carbocycles. The molecule has 0 saturated carbocycles. The maximum Gasteiger partial charge on any atom is 0.338 e. The highest BCUT2D eigenvalue weighted by Gasteiger charge is 2.26. The Morgan fingerprint density at radius 2 is 1.81 bits per heavy atom. The van der Waals surface area contributed by atoms with Crippen molar-refractivity contribution < 1.29 is 24.0 Å². The molecule has 0 atom stereocenters. The Morgan fingerprint density at radius 1 is 1.13 bits per heavy atom. The van der Waals surface area contributed by atoms with Crippen molar-refractivity contribution in [2.45, 2.75) is 26.2 Å². The Labute approximate surface area is 179 Å². The molecule has 3 rings (SSSR count). The standard InChI is InChI=1S/C22H23N3O6/c1-2-31-22(28)17-7-11-18(12-8-17)24(15-23-13-3-4-20(23)26)21(27)14-16-5-9-19(10-6-16)25(29)30/h5-12H,2-4,13-15H2,1H3. The van der Waals surface area contributed by atoms with Crippen LogP contribution in [0.4, 0.5) is 11.4 Å². The topological polar surface area (TPSA) is 110 Å². The number of likely N-dealkylation sites (tertiary alicyclic amines) is 1. The molecule has 1 saturated heterocycles. The van der Waals surface area contributed by atoms with Crippen molar-refractivity contribution in [3.05, 3.63) is 69.8 Å². The summed E-state index contributed by atoms with van der Waals surface area (Å²) in [7, 11) is 0. The predicted octanol–water partition coefficient (Wildman–Crippen LogP) is 2.93. The van der Waals surface area contributed by atoms with E-state index in [1.807, 2.05) is 0 Å². The Hall–Kier alpha value is -3.75. The number of ether oxygens (including phenoxy) is 1. The van der Waals surface area contributed by atoms with Crippen LogP contribution in [0, 0.1) is 10.1 Å². The summed E-state index contributed by atoms with van der Waals surface area (Å²) in [5.41, 5.74) is 1.48. The van der Waals surface area contributed by atoms with E-state index in [2.05, 4.69) is 0 Å². The highest BCUT2D eigenvalue weighted by molar-refractivity contribution is 5.96. The smallest absolute Gasteiger partial charge is 0.338 e. The summed E-state index contributed by atoms with van der Waals surface area (Å²) in [5.74, 6) is -0.735. The highest BCUT2D eigenvalue weighted by atomic mass is 16.6. The molecule has 0 radical (unpaired) electrons. The molecule has 1 aliphatic rings. The molecule has 31 heavy (non-hydrogen) atoms. The molecule has 2 aromatic carbocycles. The number of amides is 2. The van der Waals surface area contributed by atoms with Crippen molar-refractivity contribution in [3.8, 4) is 0 Å². The van der Waals surface area contributed by atoms with E-state index in [9.17, 15) is 24.5 Å². The van der Waals surface area contributed by atoms with Gasteiger partial charge in [0.2, 0.25) is 11.8 Å². The van der Waals surface area contributed by atoms with E-state index in [1.54, 1.807) is 48.2 Å². The number of esters is 1. The minimum absolute atomic E-state index is 0.0135. The zero-order valence-electron chi connectivity index (χ0n) is 17.2. The lowest BCUT2D eigenvalue weighted by Crippen LogP contribution is -2.43. The zero-order valence-corrected chi connectivity index (χ0v) is 17.2. The van der Waals surface area contributed by atoms with Crippen LogP contribution in [0.5, 0.6) is 0 Å². The summed E-state index contributed by atoms with van der Waals surface area (Å²) in [4.78, 5) is 50.5. The summed E-state index contributed by atoms with van der Waals surface area (Å²) in [6.45, 7) is 2.65. The molecule has 9 heteroatoms. The fraction of sp³-hybridized carbons (Fsp3) is 0.318. The molecule has 0 N–H and O–H groups in total. The first-order valence-corrected chi connectivity index (χ1v) is 9.97. The van der Waals surface area contributed by atoms with E-state index in [4.69, 9.17) is 4.74 Å². The van der Waals surface area contributed by atoms with Gasteiger partial charge in [0.05, 0.1) is 23.5 Å². The average Bonchev–Trinajstić information content (AvgIpc) is 3.17. The van der Waals surface area contributed by atoms with Crippen LogP contribution < -0.4 is 4.90 Å². The third-order valence-corrected chi connectivity index (χ3v) is 4.98. The first-order chi connectivity index (χ1) is 14.9. The van der Waals surface area contributed by atoms with Gasteiger partial charge in [0.1, 0.15) is 6.67 Å². The van der Waals surface area contributed by atoms with Gasteiger partial charge in [0, 0.05) is 30.8 Å². The van der Waals surface area contributed by atoms with Crippen LogP contribution in [0.15, 0.2) is 48.5 Å². The third kappa shape index (κ3) is 5.44. The van der Waals surface area contributed by atoms with Gasteiger partial charge in [-0.2, -0.15) is 0 Å². The van der Waals surface area contributed by atoms with Crippen LogP contribution >= 0.6 is 0 Å². The van der Waals surface area contributed by atoms with Gasteiger partial charge in [-0.05, 0) is 43.2 Å². The van der Waals surface area contributed by atoms with Crippen molar-refractivity contribution in [1.82, 2.24) is 4.90 Å². The predicted molar refractivity (Wildman–Crippen MR) is 112 cm³/mol. The molecule has 0 unspecified atom stereocenters. The third-order valence-electron chi connectivity index (χ3n) is 4.98. The van der Waals surface area contributed by atoms with Gasteiger partial charge in [-0.1, -0.05) is 12.1 Å². The monoisotopic (exact) mass is 425 g/mol. The van der Waals surface area contributed by atoms with E-state index < -0.39 is 10.9 Å². The fourth-order valence-corrected chi connectivity index (χ4v) is 3.33. The van der Waals surface area contributed by atoms with E-state index in [0.29, 0.717) is 29.8 Å². The van der Waals surface area contributed by atoms with Crippen molar-refractivity contribution in [2.24, 2.45) is 0 Å². The maximum atomic E-state index is 13.1. The zero-order chi connectivity index (χ0) is 22.4. The van der Waals surface area contributed by atoms with Crippen LogP contribution in [0.1, 0.15) is 35.7 Å². The van der Waals surface area contributed by atoms with Crippen LogP contribution in [-0.2, 0) is 20.7 Å². The van der Waals surface area contributed by atoms with Gasteiger partial charge >= 0.3 is 5.97 Å². The second-order valence-electron chi connectivity index (χ2n) is 7.09. The summed E-state index contributed by atoms with van der Waals surface area (Å²) in [6, 6.07) is 12.2. The molecule has 1 aliphatic heterocycles. The largest absolute Gasteiger partial charge is 0.462 e. The second kappa shape index (κ2) is 9.84. The van der Waals surface area contributed by atoms with Gasteiger partial charge in [0.25, 0.3) is 5.69 Å². The molecule has 1 fully saturated rings. The summed E-state index contributed by atoms with van der Waals surface area (Å²) in [5, 5.41) is 10.8. The van der Waals surface area contributed by atoms with Gasteiger partial charge in [0.15, 0.2) is 0 Å². The lowest BCUT2D eigenvalue weighted by Gasteiger charge is -2.28. The Morgan fingerprint density at radius 3 is 2.35 bits per heavy atom. The molecule has 0 bridgehead atoms. The van der Waals surface area contributed by atoms with E-state index in [0.717, 1.165) is 6.42 Å². The van der Waals surface area contributed by atoms with Crippen LogP contribution in [0.25, 0.3) is 0 Å². The summed E-state index contributed by atoms with van der Waals surface area (Å²) in [6.07, 6.45) is 1.21. The fourth-order valence-electron chi connectivity index (χ4n) is 3.33. The molecule has 162 valence electrons. The van der Waals surface area contributed by atoms with Crippen LogP contribution in [0.2, 0.25) is 0 Å². The number of anilines is 1. The maximum absolute atomic E-state index is 13.1. The molecule has 2 aromatic rings. The minimum atomic E-state index is -0.498. The number of carbonyl (C=O) groups excluding carboxylic acids is 3. The Balaban J connectivity index is 1.81. The van der Waals surface area contributed by atoms with Gasteiger partial charge in [-0.15, -0.1) is 0 Å². The number of carbonyl (C=O) groups is 3. The first-order valence-electron chi connectivity index (χ1n) is 9.97. The second-order valence-corrected chi connectivity index (χ2v) is 7.09. The normalized spacial score (nSPS) is 13.2. The lowest BCUT2D eigenvalue weighted by molar-refractivity contribution is -0.384. The molecule has 0 spiro atoms. The number of hydrogen-bond donors (Lipinski definition) is 0. The highest BCUT2D eigenvalue weighted by Crippen LogP contribution is 2.21. The first kappa shape index (κ1) is 21.9. The minimum Gasteiger partial charge on any atom is -0.462 e. The molecule has 1 heterocycles. The number of non-ortho nitro benzene ring substituents is 1. The van der Waals surface area contributed by atoms with Crippen LogP contribution in [-0.4, -0.2) is 47.4 Å². The number of rotatable bonds is 8. The van der Waals surface area contributed by atoms with E-state index in [-0.39, 0.29) is 37.2 Å². The van der Waals surface area contributed by atoms with Gasteiger partial charge in [-0.25, -0.2) is 4.79 Å². The molecule has 2 amide bonds.